The standard InChI is InChI=1S/C11H15N3O.ClH/c15-11(10-3-1-2-6-13-10)14-9-4-7-12-8-5-9;/h1-3,6,9,12H,4-5,7-8H2,(H,14,15);1H. The maximum atomic E-state index is 11.7. The van der Waals surface area contributed by atoms with Crippen molar-refractivity contribution in [3.05, 3.63) is 30.1 Å². The highest BCUT2D eigenvalue weighted by atomic mass is 35.5. The lowest BCUT2D eigenvalue weighted by molar-refractivity contribution is 0.0924. The average molecular weight is 242 g/mol. The summed E-state index contributed by atoms with van der Waals surface area (Å²) in [5, 5.41) is 6.25. The molecule has 0 aromatic carbocycles. The van der Waals surface area contributed by atoms with Crippen LogP contribution in [-0.2, 0) is 0 Å². The Balaban J connectivity index is 0.00000128. The predicted molar refractivity (Wildman–Crippen MR) is 64.8 cm³/mol. The molecule has 1 saturated heterocycles. The van der Waals surface area contributed by atoms with Gasteiger partial charge in [0.05, 0.1) is 0 Å². The van der Waals surface area contributed by atoms with E-state index in [0.29, 0.717) is 11.7 Å². The molecule has 4 nitrogen and oxygen atoms in total. The zero-order chi connectivity index (χ0) is 10.5. The molecule has 0 unspecified atom stereocenters. The Bertz CT molecular complexity index is 325. The Labute approximate surface area is 101 Å². The van der Waals surface area contributed by atoms with Crippen LogP contribution in [0.1, 0.15) is 23.3 Å². The van der Waals surface area contributed by atoms with Crippen molar-refractivity contribution in [1.82, 2.24) is 15.6 Å². The molecule has 1 amide bonds. The van der Waals surface area contributed by atoms with Crippen LogP contribution in [0.15, 0.2) is 24.4 Å². The maximum absolute atomic E-state index is 11.7. The van der Waals surface area contributed by atoms with Gasteiger partial charge in [-0.15, -0.1) is 12.4 Å². The van der Waals surface area contributed by atoms with E-state index < -0.39 is 0 Å². The van der Waals surface area contributed by atoms with Crippen LogP contribution >= 0.6 is 12.4 Å². The second-order valence-corrected chi connectivity index (χ2v) is 3.71. The number of carbonyl (C=O) groups excluding carboxylic acids is 1. The molecule has 1 aromatic rings. The summed E-state index contributed by atoms with van der Waals surface area (Å²) in [7, 11) is 0. The molecule has 0 saturated carbocycles. The van der Waals surface area contributed by atoms with Gasteiger partial charge in [-0.05, 0) is 38.1 Å². The van der Waals surface area contributed by atoms with Gasteiger partial charge in [0.15, 0.2) is 0 Å². The van der Waals surface area contributed by atoms with E-state index in [-0.39, 0.29) is 18.3 Å². The van der Waals surface area contributed by atoms with Gasteiger partial charge in [-0.3, -0.25) is 9.78 Å². The Morgan fingerprint density at radius 3 is 2.75 bits per heavy atom. The molecule has 0 spiro atoms. The van der Waals surface area contributed by atoms with Crippen LogP contribution in [0, 0.1) is 0 Å². The minimum Gasteiger partial charge on any atom is -0.348 e. The highest BCUT2D eigenvalue weighted by Crippen LogP contribution is 2.03. The summed E-state index contributed by atoms with van der Waals surface area (Å²) in [5.74, 6) is -0.0671. The number of aromatic nitrogens is 1. The van der Waals surface area contributed by atoms with Crippen molar-refractivity contribution in [1.29, 1.82) is 0 Å². The molecule has 0 radical (unpaired) electrons. The molecule has 2 N–H and O–H groups in total. The van der Waals surface area contributed by atoms with E-state index in [2.05, 4.69) is 15.6 Å². The predicted octanol–water partition coefficient (Wildman–Crippen LogP) is 0.985. The number of hydrogen-bond donors (Lipinski definition) is 2. The van der Waals surface area contributed by atoms with Crippen molar-refractivity contribution in [2.45, 2.75) is 18.9 Å². The first-order valence-electron chi connectivity index (χ1n) is 5.29. The van der Waals surface area contributed by atoms with Crippen molar-refractivity contribution in [2.24, 2.45) is 0 Å². The minimum atomic E-state index is -0.0671. The number of nitrogens with one attached hydrogen (secondary N) is 2. The molecule has 2 heterocycles. The van der Waals surface area contributed by atoms with Gasteiger partial charge in [0.1, 0.15) is 5.69 Å². The monoisotopic (exact) mass is 241 g/mol. The largest absolute Gasteiger partial charge is 0.348 e. The molecule has 0 aliphatic carbocycles. The van der Waals surface area contributed by atoms with E-state index in [1.54, 1.807) is 18.3 Å². The van der Waals surface area contributed by atoms with Crippen molar-refractivity contribution in [3.63, 3.8) is 0 Å². The lowest BCUT2D eigenvalue weighted by Crippen LogP contribution is -2.42. The molecule has 16 heavy (non-hydrogen) atoms. The normalized spacial score (nSPS) is 16.2. The van der Waals surface area contributed by atoms with E-state index >= 15 is 0 Å². The summed E-state index contributed by atoms with van der Waals surface area (Å²) in [5.41, 5.74) is 0.496. The van der Waals surface area contributed by atoms with Crippen LogP contribution in [-0.4, -0.2) is 30.0 Å². The van der Waals surface area contributed by atoms with Gasteiger partial charge in [0, 0.05) is 12.2 Å². The third-order valence-electron chi connectivity index (χ3n) is 2.57. The molecule has 5 heteroatoms. The summed E-state index contributed by atoms with van der Waals surface area (Å²) in [6.45, 7) is 1.96. The van der Waals surface area contributed by atoms with Crippen LogP contribution in [0.25, 0.3) is 0 Å². The smallest absolute Gasteiger partial charge is 0.270 e. The summed E-state index contributed by atoms with van der Waals surface area (Å²) >= 11 is 0. The average Bonchev–Trinajstić information content (AvgIpc) is 2.31. The highest BCUT2D eigenvalue weighted by molar-refractivity contribution is 5.92. The fourth-order valence-electron chi connectivity index (χ4n) is 1.72. The fourth-order valence-corrected chi connectivity index (χ4v) is 1.72. The third-order valence-corrected chi connectivity index (χ3v) is 2.57. The van der Waals surface area contributed by atoms with E-state index in [1.165, 1.54) is 0 Å². The number of amides is 1. The molecule has 0 atom stereocenters. The molecule has 1 fully saturated rings. The Hall–Kier alpha value is -1.13. The molecule has 2 rings (SSSR count). The number of halogens is 1. The van der Waals surface area contributed by atoms with Crippen LogP contribution in [0.2, 0.25) is 0 Å². The van der Waals surface area contributed by atoms with Gasteiger partial charge >= 0.3 is 0 Å². The molecule has 88 valence electrons. The van der Waals surface area contributed by atoms with Gasteiger partial charge < -0.3 is 10.6 Å². The van der Waals surface area contributed by atoms with Crippen molar-refractivity contribution < 1.29 is 4.79 Å². The quantitative estimate of drug-likeness (QED) is 0.812. The van der Waals surface area contributed by atoms with Gasteiger partial charge in [-0.1, -0.05) is 6.07 Å². The lowest BCUT2D eigenvalue weighted by Gasteiger charge is -2.23. The second-order valence-electron chi connectivity index (χ2n) is 3.71. The van der Waals surface area contributed by atoms with Crippen LogP contribution in [0.4, 0.5) is 0 Å². The van der Waals surface area contributed by atoms with E-state index in [1.807, 2.05) is 6.07 Å². The number of rotatable bonds is 2. The zero-order valence-corrected chi connectivity index (χ0v) is 9.80. The molecular weight excluding hydrogens is 226 g/mol. The van der Waals surface area contributed by atoms with E-state index in [9.17, 15) is 4.79 Å². The van der Waals surface area contributed by atoms with Crippen molar-refractivity contribution >= 4 is 18.3 Å². The van der Waals surface area contributed by atoms with Crippen LogP contribution in [0.5, 0.6) is 0 Å². The molecule has 0 bridgehead atoms. The van der Waals surface area contributed by atoms with Crippen molar-refractivity contribution in [2.75, 3.05) is 13.1 Å². The van der Waals surface area contributed by atoms with Gasteiger partial charge in [0.25, 0.3) is 5.91 Å². The first kappa shape index (κ1) is 12.9. The van der Waals surface area contributed by atoms with Crippen molar-refractivity contribution in [3.8, 4) is 0 Å². The number of hydrogen-bond acceptors (Lipinski definition) is 3. The number of piperidine rings is 1. The fraction of sp³-hybridized carbons (Fsp3) is 0.455. The van der Waals surface area contributed by atoms with Crippen LogP contribution < -0.4 is 10.6 Å². The molecule has 1 aliphatic rings. The highest BCUT2D eigenvalue weighted by Gasteiger charge is 2.16. The number of nitrogens with zero attached hydrogens (tertiary/aromatic N) is 1. The topological polar surface area (TPSA) is 54.0 Å². The van der Waals surface area contributed by atoms with Gasteiger partial charge in [-0.25, -0.2) is 0 Å². The Morgan fingerprint density at radius 2 is 2.12 bits per heavy atom. The maximum Gasteiger partial charge on any atom is 0.270 e. The summed E-state index contributed by atoms with van der Waals surface area (Å²) in [6.07, 6.45) is 3.63. The van der Waals surface area contributed by atoms with Crippen LogP contribution in [0.3, 0.4) is 0 Å². The molecule has 1 aromatic heterocycles. The Morgan fingerprint density at radius 1 is 1.38 bits per heavy atom. The van der Waals surface area contributed by atoms with Gasteiger partial charge in [0.2, 0.25) is 0 Å². The number of carbonyl (C=O) groups is 1. The molecule has 1 aliphatic heterocycles. The van der Waals surface area contributed by atoms with E-state index in [4.69, 9.17) is 0 Å². The SMILES string of the molecule is Cl.O=C(NC1CCNCC1)c1ccccn1. The molecular formula is C11H16ClN3O. The third kappa shape index (κ3) is 3.47. The summed E-state index contributed by atoms with van der Waals surface area (Å²) < 4.78 is 0. The summed E-state index contributed by atoms with van der Waals surface area (Å²) in [6, 6.07) is 5.66. The first-order valence-corrected chi connectivity index (χ1v) is 5.29. The first-order chi connectivity index (χ1) is 7.36. The zero-order valence-electron chi connectivity index (χ0n) is 8.98. The lowest BCUT2D eigenvalue weighted by atomic mass is 10.1. The second kappa shape index (κ2) is 6.45. The minimum absolute atomic E-state index is 0. The summed E-state index contributed by atoms with van der Waals surface area (Å²) in [4.78, 5) is 15.7. The van der Waals surface area contributed by atoms with Gasteiger partial charge in [-0.2, -0.15) is 0 Å². The number of pyridine rings is 1. The Kier molecular flexibility index (Phi) is 5.22. The van der Waals surface area contributed by atoms with E-state index in [0.717, 1.165) is 25.9 Å².